The Labute approximate surface area is 141 Å². The van der Waals surface area contributed by atoms with Crippen molar-refractivity contribution in [1.29, 1.82) is 0 Å². The molecule has 0 saturated carbocycles. The number of fused-ring (bicyclic) bond motifs is 1. The molecule has 0 aliphatic carbocycles. The Hall–Kier alpha value is -0.440. The first kappa shape index (κ1) is 15.9. The maximum atomic E-state index is 4.69. The van der Waals surface area contributed by atoms with Crippen molar-refractivity contribution in [3.63, 3.8) is 0 Å². The molecule has 0 spiro atoms. The molecule has 2 aliphatic heterocycles. The smallest absolute Gasteiger partial charge is 0.194 e. The average molecular weight is 407 g/mol. The molecule has 0 radical (unpaired) electrons. The second-order valence-electron chi connectivity index (χ2n) is 5.74. The van der Waals surface area contributed by atoms with E-state index in [9.17, 15) is 0 Å². The van der Waals surface area contributed by atoms with E-state index in [2.05, 4.69) is 38.6 Å². The summed E-state index contributed by atoms with van der Waals surface area (Å²) in [4.78, 5) is 8.35. The highest BCUT2D eigenvalue weighted by Crippen LogP contribution is 2.27. The molecule has 112 valence electrons. The van der Waals surface area contributed by atoms with Crippen molar-refractivity contribution >= 4 is 41.5 Å². The summed E-state index contributed by atoms with van der Waals surface area (Å²) in [6, 6.07) is 0.848. The van der Waals surface area contributed by atoms with E-state index >= 15 is 0 Å². The van der Waals surface area contributed by atoms with Crippen LogP contribution in [0.5, 0.6) is 0 Å². The van der Waals surface area contributed by atoms with E-state index in [1.54, 1.807) is 0 Å². The van der Waals surface area contributed by atoms with Crippen LogP contribution in [0, 0.1) is 12.8 Å². The van der Waals surface area contributed by atoms with Gasteiger partial charge in [-0.05, 0) is 44.1 Å². The number of hydrogen-bond donors (Lipinski definition) is 1. The van der Waals surface area contributed by atoms with Gasteiger partial charge in [0, 0.05) is 6.54 Å². The van der Waals surface area contributed by atoms with Crippen LogP contribution in [0.3, 0.4) is 0 Å². The molecule has 3 unspecified atom stereocenters. The van der Waals surface area contributed by atoms with E-state index in [1.165, 1.54) is 29.3 Å². The van der Waals surface area contributed by atoms with Crippen LogP contribution in [0.15, 0.2) is 4.99 Å². The minimum atomic E-state index is 0. The Morgan fingerprint density at radius 2 is 2.20 bits per heavy atom. The number of nitrogens with zero attached hydrogens (tertiary/aromatic N) is 4. The fraction of sp³-hybridized carbons (Fsp3) is 0.769. The number of aromatic nitrogens is 2. The fourth-order valence-electron chi connectivity index (χ4n) is 2.96. The van der Waals surface area contributed by atoms with Gasteiger partial charge in [0.2, 0.25) is 0 Å². The largest absolute Gasteiger partial charge is 0.349 e. The van der Waals surface area contributed by atoms with Crippen molar-refractivity contribution < 1.29 is 0 Å². The molecular formula is C13H22IN5S. The van der Waals surface area contributed by atoms with Gasteiger partial charge in [-0.15, -0.1) is 29.1 Å². The van der Waals surface area contributed by atoms with E-state index in [0.29, 0.717) is 6.04 Å². The van der Waals surface area contributed by atoms with Crippen LogP contribution in [0.1, 0.15) is 43.3 Å². The lowest BCUT2D eigenvalue weighted by Gasteiger charge is -2.36. The minimum absolute atomic E-state index is 0. The van der Waals surface area contributed by atoms with Gasteiger partial charge in [0.05, 0.1) is 29.2 Å². The molecule has 3 heterocycles. The van der Waals surface area contributed by atoms with Crippen LogP contribution < -0.4 is 5.32 Å². The Morgan fingerprint density at radius 1 is 1.40 bits per heavy atom. The van der Waals surface area contributed by atoms with Crippen molar-refractivity contribution in [2.45, 2.75) is 45.7 Å². The molecule has 3 rings (SSSR count). The molecule has 1 aromatic heterocycles. The summed E-state index contributed by atoms with van der Waals surface area (Å²) in [5.41, 5.74) is 1.02. The van der Waals surface area contributed by atoms with Crippen LogP contribution in [0.25, 0.3) is 0 Å². The molecule has 1 saturated heterocycles. The first-order valence-electron chi connectivity index (χ1n) is 7.01. The average Bonchev–Trinajstić information content (AvgIpc) is 2.96. The Bertz CT molecular complexity index is 489. The van der Waals surface area contributed by atoms with Crippen LogP contribution in [0.2, 0.25) is 0 Å². The molecule has 2 aliphatic rings. The van der Waals surface area contributed by atoms with Crippen LogP contribution in [-0.2, 0) is 0 Å². The van der Waals surface area contributed by atoms with Crippen molar-refractivity contribution in [2.24, 2.45) is 10.9 Å². The Morgan fingerprint density at radius 3 is 2.90 bits per heavy atom. The zero-order valence-electron chi connectivity index (χ0n) is 12.2. The molecule has 0 aromatic carbocycles. The molecular weight excluding hydrogens is 385 g/mol. The predicted octanol–water partition coefficient (Wildman–Crippen LogP) is 2.59. The standard InChI is InChI=1S/C13H21N5S.HI/c1-8-4-5-11-6-14-13(18(11)7-8)15-9(2)12-10(3)16-17-19-12;/h8-9,11H,4-7H2,1-3H3,(H,14,15);1H. The van der Waals surface area contributed by atoms with Gasteiger partial charge in [-0.3, -0.25) is 4.99 Å². The van der Waals surface area contributed by atoms with Gasteiger partial charge in [-0.1, -0.05) is 11.4 Å². The topological polar surface area (TPSA) is 53.4 Å². The number of guanidine groups is 1. The van der Waals surface area contributed by atoms with E-state index in [0.717, 1.165) is 30.7 Å². The summed E-state index contributed by atoms with van der Waals surface area (Å²) in [5, 5.41) is 7.63. The van der Waals surface area contributed by atoms with Gasteiger partial charge < -0.3 is 10.2 Å². The van der Waals surface area contributed by atoms with Gasteiger partial charge in [0.15, 0.2) is 5.96 Å². The van der Waals surface area contributed by atoms with Crippen LogP contribution in [-0.4, -0.2) is 39.6 Å². The number of aryl methyl sites for hydroxylation is 1. The molecule has 0 amide bonds. The van der Waals surface area contributed by atoms with Crippen molar-refractivity contribution in [1.82, 2.24) is 19.8 Å². The number of hydrogen-bond acceptors (Lipinski definition) is 6. The third kappa shape index (κ3) is 3.08. The molecule has 1 N–H and O–H groups in total. The lowest BCUT2D eigenvalue weighted by Crippen LogP contribution is -2.48. The summed E-state index contributed by atoms with van der Waals surface area (Å²) >= 11 is 1.47. The number of nitrogens with one attached hydrogen (secondary N) is 1. The van der Waals surface area contributed by atoms with E-state index < -0.39 is 0 Å². The Balaban J connectivity index is 0.00000147. The van der Waals surface area contributed by atoms with Gasteiger partial charge >= 0.3 is 0 Å². The quantitative estimate of drug-likeness (QED) is 0.766. The zero-order valence-corrected chi connectivity index (χ0v) is 15.3. The lowest BCUT2D eigenvalue weighted by atomic mass is 9.95. The third-order valence-electron chi connectivity index (χ3n) is 4.09. The van der Waals surface area contributed by atoms with Gasteiger partial charge in [-0.25, -0.2) is 0 Å². The van der Waals surface area contributed by atoms with E-state index in [1.807, 2.05) is 6.92 Å². The molecule has 5 nitrogen and oxygen atoms in total. The predicted molar refractivity (Wildman–Crippen MR) is 92.8 cm³/mol. The van der Waals surface area contributed by atoms with Gasteiger partial charge in [-0.2, -0.15) is 0 Å². The number of aliphatic imine (C=N–C) groups is 1. The summed E-state index contributed by atoms with van der Waals surface area (Å²) in [6.07, 6.45) is 2.60. The number of rotatable bonds is 2. The maximum Gasteiger partial charge on any atom is 0.194 e. The van der Waals surface area contributed by atoms with E-state index in [4.69, 9.17) is 0 Å². The SMILES string of the molecule is Cc1nnsc1C(C)NC1=NCC2CCC(C)CN12.I. The Kier molecular flexibility index (Phi) is 5.22. The maximum absolute atomic E-state index is 4.69. The second-order valence-corrected chi connectivity index (χ2v) is 6.53. The van der Waals surface area contributed by atoms with Crippen molar-refractivity contribution in [3.05, 3.63) is 10.6 Å². The summed E-state index contributed by atoms with van der Waals surface area (Å²) in [6.45, 7) is 8.57. The highest BCUT2D eigenvalue weighted by atomic mass is 127. The second kappa shape index (κ2) is 6.55. The molecule has 0 bridgehead atoms. The van der Waals surface area contributed by atoms with Crippen LogP contribution in [0.4, 0.5) is 0 Å². The lowest BCUT2D eigenvalue weighted by molar-refractivity contribution is 0.210. The molecule has 7 heteroatoms. The zero-order chi connectivity index (χ0) is 13.4. The summed E-state index contributed by atoms with van der Waals surface area (Å²) in [5.74, 6) is 1.83. The number of piperidine rings is 1. The highest BCUT2D eigenvalue weighted by Gasteiger charge is 2.33. The van der Waals surface area contributed by atoms with Crippen molar-refractivity contribution in [3.8, 4) is 0 Å². The first-order chi connectivity index (χ1) is 9.15. The first-order valence-corrected chi connectivity index (χ1v) is 7.79. The monoisotopic (exact) mass is 407 g/mol. The normalized spacial score (nSPS) is 26.6. The number of halogens is 1. The van der Waals surface area contributed by atoms with Crippen molar-refractivity contribution in [2.75, 3.05) is 13.1 Å². The van der Waals surface area contributed by atoms with Gasteiger partial charge in [0.1, 0.15) is 0 Å². The molecule has 20 heavy (non-hydrogen) atoms. The molecule has 3 atom stereocenters. The summed E-state index contributed by atoms with van der Waals surface area (Å²) < 4.78 is 4.01. The fourth-order valence-corrected chi connectivity index (χ4v) is 3.60. The third-order valence-corrected chi connectivity index (χ3v) is 5.10. The van der Waals surface area contributed by atoms with Crippen LogP contribution >= 0.6 is 35.5 Å². The van der Waals surface area contributed by atoms with Gasteiger partial charge in [0.25, 0.3) is 0 Å². The minimum Gasteiger partial charge on any atom is -0.349 e. The molecule has 1 fully saturated rings. The molecule has 1 aromatic rings. The highest BCUT2D eigenvalue weighted by molar-refractivity contribution is 14.0. The van der Waals surface area contributed by atoms with E-state index in [-0.39, 0.29) is 30.0 Å². The summed E-state index contributed by atoms with van der Waals surface area (Å²) in [7, 11) is 0.